The lowest BCUT2D eigenvalue weighted by atomic mass is 9.89. The lowest BCUT2D eigenvalue weighted by Crippen LogP contribution is -2.00. The van der Waals surface area contributed by atoms with E-state index in [1.807, 2.05) is 60.7 Å². The van der Waals surface area contributed by atoms with Crippen molar-refractivity contribution in [2.75, 3.05) is 0 Å². The molecular weight excluding hydrogens is 546 g/mol. The first-order valence-electron chi connectivity index (χ1n) is 14.2. The van der Waals surface area contributed by atoms with Crippen molar-refractivity contribution in [3.63, 3.8) is 0 Å². The van der Waals surface area contributed by atoms with Crippen LogP contribution in [0, 0.1) is 0 Å². The topological polar surface area (TPSA) is 38.7 Å². The predicted molar refractivity (Wildman–Crippen MR) is 179 cm³/mol. The van der Waals surface area contributed by atoms with Gasteiger partial charge in [0.1, 0.15) is 0 Å². The Morgan fingerprint density at radius 3 is 1.40 bits per heavy atom. The average Bonchev–Trinajstić information content (AvgIpc) is 3.08. The smallest absolute Gasteiger partial charge is 0.164 e. The Labute approximate surface area is 254 Å². The maximum Gasteiger partial charge on any atom is 0.164 e. The number of hydrogen-bond donors (Lipinski definition) is 0. The van der Waals surface area contributed by atoms with E-state index in [2.05, 4.69) is 84.9 Å². The second-order valence-corrected chi connectivity index (χ2v) is 11.0. The molecule has 0 saturated carbocycles. The molecule has 4 heteroatoms. The van der Waals surface area contributed by atoms with Crippen LogP contribution in [0.5, 0.6) is 0 Å². The molecule has 0 atom stereocenters. The highest BCUT2D eigenvalue weighted by Gasteiger charge is 2.16. The number of fused-ring (bicyclic) bond motifs is 6. The van der Waals surface area contributed by atoms with Gasteiger partial charge in [0.2, 0.25) is 0 Å². The second kappa shape index (κ2) is 10.5. The van der Waals surface area contributed by atoms with Gasteiger partial charge in [-0.15, -0.1) is 0 Å². The van der Waals surface area contributed by atoms with Crippen LogP contribution in [0.15, 0.2) is 146 Å². The summed E-state index contributed by atoms with van der Waals surface area (Å²) in [6.45, 7) is 0. The molecule has 0 aliphatic heterocycles. The van der Waals surface area contributed by atoms with Crippen LogP contribution in [-0.2, 0) is 0 Å². The Balaban J connectivity index is 1.37. The first kappa shape index (κ1) is 25.3. The van der Waals surface area contributed by atoms with Crippen molar-refractivity contribution in [1.29, 1.82) is 0 Å². The van der Waals surface area contributed by atoms with Gasteiger partial charge in [0, 0.05) is 21.7 Å². The quantitative estimate of drug-likeness (QED) is 0.198. The van der Waals surface area contributed by atoms with Gasteiger partial charge in [-0.25, -0.2) is 15.0 Å². The first-order chi connectivity index (χ1) is 21.2. The third-order valence-corrected chi connectivity index (χ3v) is 8.16. The molecule has 0 radical (unpaired) electrons. The van der Waals surface area contributed by atoms with Crippen LogP contribution < -0.4 is 0 Å². The van der Waals surface area contributed by atoms with E-state index in [9.17, 15) is 0 Å². The van der Waals surface area contributed by atoms with E-state index in [4.69, 9.17) is 26.6 Å². The highest BCUT2D eigenvalue weighted by atomic mass is 35.5. The zero-order valence-electron chi connectivity index (χ0n) is 23.1. The van der Waals surface area contributed by atoms with Gasteiger partial charge in [0.25, 0.3) is 0 Å². The minimum absolute atomic E-state index is 0.621. The molecule has 0 N–H and O–H groups in total. The van der Waals surface area contributed by atoms with E-state index in [0.29, 0.717) is 22.5 Å². The van der Waals surface area contributed by atoms with Gasteiger partial charge in [-0.1, -0.05) is 139 Å². The summed E-state index contributed by atoms with van der Waals surface area (Å²) in [5.74, 6) is 1.90. The number of aromatic nitrogens is 3. The van der Waals surface area contributed by atoms with Gasteiger partial charge in [-0.3, -0.25) is 0 Å². The highest BCUT2D eigenvalue weighted by Crippen LogP contribution is 2.42. The molecule has 0 amide bonds. The summed E-state index contributed by atoms with van der Waals surface area (Å²) in [6.07, 6.45) is 0. The molecule has 202 valence electrons. The van der Waals surface area contributed by atoms with E-state index in [0.717, 1.165) is 33.2 Å². The molecule has 0 spiro atoms. The fourth-order valence-electron chi connectivity index (χ4n) is 5.99. The Bertz CT molecular complexity index is 2240. The van der Waals surface area contributed by atoms with E-state index < -0.39 is 0 Å². The molecule has 8 rings (SSSR count). The van der Waals surface area contributed by atoms with E-state index >= 15 is 0 Å². The maximum atomic E-state index is 6.83. The maximum absolute atomic E-state index is 6.83. The Morgan fingerprint density at radius 2 is 0.791 bits per heavy atom. The van der Waals surface area contributed by atoms with E-state index in [-0.39, 0.29) is 0 Å². The molecule has 0 saturated heterocycles. The fraction of sp³-hybridized carbons (Fsp3) is 0. The molecular formula is C39H24ClN3. The summed E-state index contributed by atoms with van der Waals surface area (Å²) < 4.78 is 0. The number of nitrogens with zero attached hydrogens (tertiary/aromatic N) is 3. The minimum Gasteiger partial charge on any atom is -0.208 e. The van der Waals surface area contributed by atoms with Crippen molar-refractivity contribution in [1.82, 2.24) is 15.0 Å². The van der Waals surface area contributed by atoms with E-state index in [1.165, 1.54) is 26.9 Å². The third-order valence-electron chi connectivity index (χ3n) is 7.94. The van der Waals surface area contributed by atoms with Gasteiger partial charge in [-0.2, -0.15) is 0 Å². The number of hydrogen-bond acceptors (Lipinski definition) is 3. The van der Waals surface area contributed by atoms with Gasteiger partial charge >= 0.3 is 0 Å². The monoisotopic (exact) mass is 569 g/mol. The molecule has 0 fully saturated rings. The first-order valence-corrected chi connectivity index (χ1v) is 14.6. The lowest BCUT2D eigenvalue weighted by molar-refractivity contribution is 1.07. The van der Waals surface area contributed by atoms with Crippen LogP contribution in [0.4, 0.5) is 0 Å². The largest absolute Gasteiger partial charge is 0.208 e. The summed E-state index contributed by atoms with van der Waals surface area (Å²) >= 11 is 6.83. The molecule has 7 aromatic carbocycles. The van der Waals surface area contributed by atoms with Gasteiger partial charge < -0.3 is 0 Å². The lowest BCUT2D eigenvalue weighted by Gasteiger charge is -2.15. The highest BCUT2D eigenvalue weighted by molar-refractivity contribution is 6.35. The van der Waals surface area contributed by atoms with Gasteiger partial charge in [0.15, 0.2) is 17.5 Å². The van der Waals surface area contributed by atoms with Gasteiger partial charge in [0.05, 0.1) is 0 Å². The molecule has 0 bridgehead atoms. The van der Waals surface area contributed by atoms with Crippen molar-refractivity contribution in [2.24, 2.45) is 0 Å². The molecule has 0 aliphatic carbocycles. The molecule has 8 aromatic rings. The zero-order valence-corrected chi connectivity index (χ0v) is 23.8. The third kappa shape index (κ3) is 4.51. The predicted octanol–water partition coefficient (Wildman–Crippen LogP) is 10.7. The van der Waals surface area contributed by atoms with Crippen LogP contribution in [0.1, 0.15) is 0 Å². The van der Waals surface area contributed by atoms with Crippen molar-refractivity contribution in [3.8, 4) is 45.3 Å². The standard InChI is InChI=1S/C39H24ClN3/c40-29-23-34(36-33-21-10-9-19-31(33)30-18-7-8-20-32(30)35(36)24-29)27-16-11-17-28(22-27)39-42-37(25-12-3-1-4-13-25)41-38(43-39)26-14-5-2-6-15-26/h1-24H. The second-order valence-electron chi connectivity index (χ2n) is 10.6. The number of halogens is 1. The van der Waals surface area contributed by atoms with Crippen molar-refractivity contribution in [2.45, 2.75) is 0 Å². The molecule has 3 nitrogen and oxygen atoms in total. The van der Waals surface area contributed by atoms with Gasteiger partial charge in [-0.05, 0) is 61.6 Å². The normalized spacial score (nSPS) is 11.4. The molecule has 0 unspecified atom stereocenters. The zero-order chi connectivity index (χ0) is 28.8. The average molecular weight is 570 g/mol. The Morgan fingerprint density at radius 1 is 0.349 bits per heavy atom. The molecule has 1 aromatic heterocycles. The Kier molecular flexibility index (Phi) is 6.17. The summed E-state index contributed by atoms with van der Waals surface area (Å²) in [4.78, 5) is 14.8. The summed E-state index contributed by atoms with van der Waals surface area (Å²) in [6, 6.07) is 49.8. The van der Waals surface area contributed by atoms with Crippen LogP contribution >= 0.6 is 11.6 Å². The van der Waals surface area contributed by atoms with Crippen molar-refractivity contribution in [3.05, 3.63) is 151 Å². The van der Waals surface area contributed by atoms with Crippen molar-refractivity contribution >= 4 is 43.9 Å². The number of rotatable bonds is 4. The van der Waals surface area contributed by atoms with Crippen LogP contribution in [-0.4, -0.2) is 15.0 Å². The summed E-state index contributed by atoms with van der Waals surface area (Å²) in [5.41, 5.74) is 4.92. The Hall–Kier alpha value is -5.38. The van der Waals surface area contributed by atoms with Crippen molar-refractivity contribution < 1.29 is 0 Å². The molecule has 43 heavy (non-hydrogen) atoms. The molecule has 0 aliphatic rings. The minimum atomic E-state index is 0.621. The van der Waals surface area contributed by atoms with Crippen LogP contribution in [0.25, 0.3) is 77.6 Å². The SMILES string of the molecule is Clc1cc(-c2cccc(-c3nc(-c4ccccc4)nc(-c4ccccc4)n3)c2)c2c3ccccc3c3ccccc3c2c1. The number of benzene rings is 7. The van der Waals surface area contributed by atoms with E-state index in [1.54, 1.807) is 0 Å². The van der Waals surface area contributed by atoms with Crippen LogP contribution in [0.3, 0.4) is 0 Å². The molecule has 1 heterocycles. The van der Waals surface area contributed by atoms with Crippen LogP contribution in [0.2, 0.25) is 5.02 Å². The summed E-state index contributed by atoms with van der Waals surface area (Å²) in [7, 11) is 0. The fourth-order valence-corrected chi connectivity index (χ4v) is 6.21. The summed E-state index contributed by atoms with van der Waals surface area (Å²) in [5, 5.41) is 7.86.